The Morgan fingerprint density at radius 1 is 1.32 bits per heavy atom. The molecular formula is C21H20N6O. The molecular weight excluding hydrogens is 352 g/mol. The number of carbonyl (C=O) groups is 1. The summed E-state index contributed by atoms with van der Waals surface area (Å²) in [4.78, 5) is 24.7. The minimum atomic E-state index is -0.958. The Hall–Kier alpha value is -3.50. The number of pyridine rings is 2. The van der Waals surface area contributed by atoms with Gasteiger partial charge in [-0.2, -0.15) is 5.26 Å². The van der Waals surface area contributed by atoms with Crippen LogP contribution >= 0.6 is 0 Å². The third-order valence-corrected chi connectivity index (χ3v) is 4.61. The predicted molar refractivity (Wildman–Crippen MR) is 107 cm³/mol. The molecule has 0 radical (unpaired) electrons. The van der Waals surface area contributed by atoms with Gasteiger partial charge in [-0.1, -0.05) is 12.1 Å². The molecule has 3 aromatic rings. The molecule has 1 aliphatic rings. The van der Waals surface area contributed by atoms with E-state index in [9.17, 15) is 4.79 Å². The summed E-state index contributed by atoms with van der Waals surface area (Å²) in [6, 6.07) is 11.4. The van der Waals surface area contributed by atoms with Gasteiger partial charge in [-0.3, -0.25) is 4.79 Å². The number of H-pyrrole nitrogens is 1. The van der Waals surface area contributed by atoms with Crippen molar-refractivity contribution in [2.24, 2.45) is 0 Å². The number of nitrogens with one attached hydrogen (secondary N) is 3. The first-order valence-corrected chi connectivity index (χ1v) is 9.05. The number of hydrogen-bond donors (Lipinski definition) is 3. The molecule has 0 unspecified atom stereocenters. The molecule has 1 aliphatic heterocycles. The van der Waals surface area contributed by atoms with Gasteiger partial charge in [0.1, 0.15) is 16.9 Å². The monoisotopic (exact) mass is 372 g/mol. The topological polar surface area (TPSA) is 106 Å². The highest BCUT2D eigenvalue weighted by Crippen LogP contribution is 2.25. The van der Waals surface area contributed by atoms with Gasteiger partial charge in [-0.15, -0.1) is 0 Å². The third-order valence-electron chi connectivity index (χ3n) is 4.61. The van der Waals surface area contributed by atoms with E-state index in [1.54, 1.807) is 32.2 Å². The number of carbonyl (C=O) groups excluding carboxylic acids is 1. The molecule has 3 aromatic heterocycles. The molecule has 0 saturated heterocycles. The summed E-state index contributed by atoms with van der Waals surface area (Å²) in [7, 11) is 0. The van der Waals surface area contributed by atoms with E-state index in [0.29, 0.717) is 5.69 Å². The van der Waals surface area contributed by atoms with Crippen molar-refractivity contribution in [3.05, 3.63) is 54.0 Å². The maximum Gasteiger partial charge on any atom is 0.271 e. The normalized spacial score (nSPS) is 14.0. The van der Waals surface area contributed by atoms with E-state index in [1.807, 2.05) is 12.1 Å². The van der Waals surface area contributed by atoms with E-state index in [2.05, 4.69) is 43.8 Å². The lowest BCUT2D eigenvalue weighted by Gasteiger charge is -2.17. The maximum atomic E-state index is 12.4. The molecule has 0 spiro atoms. The van der Waals surface area contributed by atoms with Crippen LogP contribution in [0, 0.1) is 11.3 Å². The van der Waals surface area contributed by atoms with Crippen LogP contribution in [0.2, 0.25) is 0 Å². The van der Waals surface area contributed by atoms with Crippen LogP contribution in [-0.4, -0.2) is 39.5 Å². The fourth-order valence-corrected chi connectivity index (χ4v) is 3.11. The zero-order chi connectivity index (χ0) is 19.7. The van der Waals surface area contributed by atoms with Crippen molar-refractivity contribution >= 4 is 22.5 Å². The average molecular weight is 372 g/mol. The van der Waals surface area contributed by atoms with Crippen molar-refractivity contribution in [3.8, 4) is 17.3 Å². The molecule has 0 bridgehead atoms. The van der Waals surface area contributed by atoms with Gasteiger partial charge in [0.05, 0.1) is 11.8 Å². The molecule has 0 fully saturated rings. The second kappa shape index (κ2) is 6.91. The second-order valence-corrected chi connectivity index (χ2v) is 7.30. The predicted octanol–water partition coefficient (Wildman–Crippen LogP) is 2.64. The summed E-state index contributed by atoms with van der Waals surface area (Å²) in [5.41, 5.74) is 3.89. The molecule has 140 valence electrons. The van der Waals surface area contributed by atoms with Crippen molar-refractivity contribution in [3.63, 3.8) is 0 Å². The lowest BCUT2D eigenvalue weighted by Crippen LogP contribution is -2.42. The Kier molecular flexibility index (Phi) is 4.41. The molecule has 0 atom stereocenters. The molecule has 7 heteroatoms. The van der Waals surface area contributed by atoms with Gasteiger partial charge in [0, 0.05) is 35.9 Å². The lowest BCUT2D eigenvalue weighted by molar-refractivity contribution is 0.0924. The fraction of sp³-hybridized carbons (Fsp3) is 0.238. The van der Waals surface area contributed by atoms with Gasteiger partial charge in [-0.25, -0.2) is 9.97 Å². The molecule has 0 aliphatic carbocycles. The largest absolute Gasteiger partial charge is 0.339 e. The van der Waals surface area contributed by atoms with Gasteiger partial charge in [-0.05, 0) is 43.7 Å². The van der Waals surface area contributed by atoms with E-state index in [0.717, 1.165) is 35.4 Å². The summed E-state index contributed by atoms with van der Waals surface area (Å²) in [6.07, 6.45) is 3.91. The van der Waals surface area contributed by atoms with Crippen LogP contribution < -0.4 is 10.6 Å². The molecule has 0 aromatic carbocycles. The number of fused-ring (bicyclic) bond motifs is 1. The molecule has 7 nitrogen and oxygen atoms in total. The van der Waals surface area contributed by atoms with Crippen LogP contribution in [0.4, 0.5) is 0 Å². The van der Waals surface area contributed by atoms with Crippen molar-refractivity contribution in [2.75, 3.05) is 13.1 Å². The highest BCUT2D eigenvalue weighted by molar-refractivity contribution is 5.93. The van der Waals surface area contributed by atoms with Gasteiger partial charge in [0.15, 0.2) is 0 Å². The molecule has 3 N–H and O–H groups in total. The Morgan fingerprint density at radius 3 is 2.93 bits per heavy atom. The Balaban J connectivity index is 1.64. The Labute approximate surface area is 162 Å². The first-order chi connectivity index (χ1) is 13.4. The number of nitrogens with zero attached hydrogens (tertiary/aromatic N) is 3. The minimum absolute atomic E-state index is 0.262. The first kappa shape index (κ1) is 17.9. The third kappa shape index (κ3) is 3.50. The summed E-state index contributed by atoms with van der Waals surface area (Å²) in [5, 5.41) is 16.0. The maximum absolute atomic E-state index is 12.4. The second-order valence-electron chi connectivity index (χ2n) is 7.30. The van der Waals surface area contributed by atoms with Crippen molar-refractivity contribution in [1.82, 2.24) is 25.6 Å². The quantitative estimate of drug-likeness (QED) is 0.653. The van der Waals surface area contributed by atoms with E-state index in [-0.39, 0.29) is 11.6 Å². The van der Waals surface area contributed by atoms with Crippen LogP contribution in [0.15, 0.2) is 42.6 Å². The number of rotatable bonds is 4. The zero-order valence-corrected chi connectivity index (χ0v) is 15.7. The summed E-state index contributed by atoms with van der Waals surface area (Å²) in [6.45, 7) is 5.01. The number of nitriles is 1. The minimum Gasteiger partial charge on any atom is -0.339 e. The standard InChI is InChI=1S/C21H20N6O/c1-21(2,12-22)27-20(28)17-5-3-4-16(25-17)15-8-14-9-18(13-6-7-23-10-13)26-19(14)24-11-15/h3-6,8-9,11,23H,7,10H2,1-2H3,(H,24,26)(H,27,28). The zero-order valence-electron chi connectivity index (χ0n) is 15.7. The fourth-order valence-electron chi connectivity index (χ4n) is 3.11. The van der Waals surface area contributed by atoms with Crippen LogP contribution in [0.25, 0.3) is 27.9 Å². The molecule has 28 heavy (non-hydrogen) atoms. The molecule has 1 amide bonds. The number of aromatic amines is 1. The average Bonchev–Trinajstić information content (AvgIpc) is 3.36. The van der Waals surface area contributed by atoms with E-state index >= 15 is 0 Å². The molecule has 0 saturated carbocycles. The van der Waals surface area contributed by atoms with Crippen molar-refractivity contribution in [2.45, 2.75) is 19.4 Å². The van der Waals surface area contributed by atoms with Gasteiger partial charge < -0.3 is 15.6 Å². The van der Waals surface area contributed by atoms with Crippen LogP contribution in [0.5, 0.6) is 0 Å². The number of amides is 1. The van der Waals surface area contributed by atoms with Crippen molar-refractivity contribution < 1.29 is 4.79 Å². The van der Waals surface area contributed by atoms with Gasteiger partial charge in [0.2, 0.25) is 0 Å². The van der Waals surface area contributed by atoms with Crippen LogP contribution in [-0.2, 0) is 0 Å². The smallest absolute Gasteiger partial charge is 0.271 e. The number of aromatic nitrogens is 3. The van der Waals surface area contributed by atoms with Crippen LogP contribution in [0.1, 0.15) is 30.0 Å². The van der Waals surface area contributed by atoms with Crippen LogP contribution in [0.3, 0.4) is 0 Å². The lowest BCUT2D eigenvalue weighted by atomic mass is 10.1. The summed E-state index contributed by atoms with van der Waals surface area (Å²) >= 11 is 0. The van der Waals surface area contributed by atoms with Gasteiger partial charge >= 0.3 is 0 Å². The van der Waals surface area contributed by atoms with Gasteiger partial charge in [0.25, 0.3) is 5.91 Å². The SMILES string of the molecule is CC(C)(C#N)NC(=O)c1cccc(-c2cnc3[nH]c(C4=CCNC4)cc3c2)n1. The van der Waals surface area contributed by atoms with E-state index < -0.39 is 5.54 Å². The summed E-state index contributed by atoms with van der Waals surface area (Å²) < 4.78 is 0. The first-order valence-electron chi connectivity index (χ1n) is 9.05. The van der Waals surface area contributed by atoms with E-state index in [4.69, 9.17) is 5.26 Å². The molecule has 4 heterocycles. The summed E-state index contributed by atoms with van der Waals surface area (Å²) in [5.74, 6) is -0.382. The highest BCUT2D eigenvalue weighted by atomic mass is 16.2. The Morgan fingerprint density at radius 2 is 2.18 bits per heavy atom. The Bertz CT molecular complexity index is 1140. The van der Waals surface area contributed by atoms with E-state index in [1.165, 1.54) is 5.57 Å². The molecule has 4 rings (SSSR count). The van der Waals surface area contributed by atoms with Crippen molar-refractivity contribution in [1.29, 1.82) is 5.26 Å². The number of hydrogen-bond acceptors (Lipinski definition) is 5. The highest BCUT2D eigenvalue weighted by Gasteiger charge is 2.21.